The van der Waals surface area contributed by atoms with Gasteiger partial charge in [-0.15, -0.1) is 0 Å². The molecule has 4 nitrogen and oxygen atoms in total. The lowest BCUT2D eigenvalue weighted by atomic mass is 9.88. The van der Waals surface area contributed by atoms with Gasteiger partial charge in [-0.1, -0.05) is 37.3 Å². The number of rotatable bonds is 4. The predicted molar refractivity (Wildman–Crippen MR) is 53.6 cm³/mol. The average Bonchev–Trinajstić information content (AvgIpc) is 2.18. The Bertz CT molecular complexity index is 344. The van der Waals surface area contributed by atoms with Crippen molar-refractivity contribution >= 4 is 11.9 Å². The van der Waals surface area contributed by atoms with Crippen LogP contribution in [0.2, 0.25) is 0 Å². The van der Waals surface area contributed by atoms with Gasteiger partial charge in [0.25, 0.3) is 0 Å². The summed E-state index contributed by atoms with van der Waals surface area (Å²) in [6.45, 7) is 1.60. The van der Waals surface area contributed by atoms with Crippen molar-refractivity contribution in [2.24, 2.45) is 5.92 Å². The number of carboxylic acids is 2. The number of carboxylic acid groups (broad SMARTS) is 2. The average molecular weight is 208 g/mol. The number of hydrogen-bond donors (Lipinski definition) is 2. The van der Waals surface area contributed by atoms with Gasteiger partial charge in [0, 0.05) is 5.92 Å². The minimum absolute atomic E-state index is 0.541. The van der Waals surface area contributed by atoms with E-state index in [4.69, 9.17) is 10.2 Å². The highest BCUT2D eigenvalue weighted by atomic mass is 16.4. The highest BCUT2D eigenvalue weighted by Crippen LogP contribution is 2.24. The van der Waals surface area contributed by atoms with Crippen molar-refractivity contribution in [2.75, 3.05) is 0 Å². The van der Waals surface area contributed by atoms with E-state index in [-0.39, 0.29) is 0 Å². The van der Waals surface area contributed by atoms with Gasteiger partial charge in [0.2, 0.25) is 0 Å². The van der Waals surface area contributed by atoms with Gasteiger partial charge < -0.3 is 10.2 Å². The fourth-order valence-electron chi connectivity index (χ4n) is 1.48. The summed E-state index contributed by atoms with van der Waals surface area (Å²) in [6.07, 6.45) is 0. The Kier molecular flexibility index (Phi) is 3.44. The Morgan fingerprint density at radius 3 is 1.93 bits per heavy atom. The van der Waals surface area contributed by atoms with Crippen molar-refractivity contribution in [2.45, 2.75) is 12.8 Å². The van der Waals surface area contributed by atoms with Crippen molar-refractivity contribution in [3.63, 3.8) is 0 Å². The van der Waals surface area contributed by atoms with Crippen molar-refractivity contribution in [3.05, 3.63) is 35.9 Å². The number of benzene rings is 1. The normalized spacial score (nSPS) is 12.4. The van der Waals surface area contributed by atoms with Crippen LogP contribution in [0.3, 0.4) is 0 Å². The minimum Gasteiger partial charge on any atom is -0.481 e. The Balaban J connectivity index is 2.96. The second-order valence-electron chi connectivity index (χ2n) is 3.35. The summed E-state index contributed by atoms with van der Waals surface area (Å²) in [6, 6.07) is 8.76. The SMILES string of the molecule is CC(c1ccccc1)C(C(=O)O)C(=O)O. The Morgan fingerprint density at radius 1 is 1.07 bits per heavy atom. The molecule has 4 heteroatoms. The van der Waals surface area contributed by atoms with E-state index in [0.717, 1.165) is 0 Å². The number of carbonyl (C=O) groups is 2. The van der Waals surface area contributed by atoms with Crippen LogP contribution in [0, 0.1) is 5.92 Å². The third-order valence-electron chi connectivity index (χ3n) is 2.36. The van der Waals surface area contributed by atoms with E-state index in [9.17, 15) is 9.59 Å². The molecule has 0 fully saturated rings. The molecule has 0 radical (unpaired) electrons. The number of aliphatic carboxylic acids is 2. The maximum atomic E-state index is 10.8. The lowest BCUT2D eigenvalue weighted by molar-refractivity contribution is -0.155. The zero-order valence-corrected chi connectivity index (χ0v) is 8.25. The van der Waals surface area contributed by atoms with Gasteiger partial charge in [-0.2, -0.15) is 0 Å². The van der Waals surface area contributed by atoms with Crippen molar-refractivity contribution in [1.82, 2.24) is 0 Å². The summed E-state index contributed by atoms with van der Waals surface area (Å²) in [5, 5.41) is 17.6. The first-order chi connectivity index (χ1) is 7.04. The quantitative estimate of drug-likeness (QED) is 0.736. The molecule has 15 heavy (non-hydrogen) atoms. The van der Waals surface area contributed by atoms with E-state index in [0.29, 0.717) is 5.56 Å². The van der Waals surface area contributed by atoms with Gasteiger partial charge in [0.15, 0.2) is 5.92 Å². The summed E-state index contributed by atoms with van der Waals surface area (Å²) >= 11 is 0. The van der Waals surface area contributed by atoms with E-state index >= 15 is 0 Å². The third kappa shape index (κ3) is 2.56. The van der Waals surface area contributed by atoms with Crippen molar-refractivity contribution in [1.29, 1.82) is 0 Å². The smallest absolute Gasteiger partial charge is 0.318 e. The standard InChI is InChI=1S/C11H12O4/c1-7(8-5-3-2-4-6-8)9(10(12)13)11(14)15/h2-7,9H,1H3,(H,12,13)(H,14,15). The molecular formula is C11H12O4. The first kappa shape index (κ1) is 11.2. The first-order valence-electron chi connectivity index (χ1n) is 4.54. The molecule has 0 saturated carbocycles. The zero-order chi connectivity index (χ0) is 11.4. The maximum absolute atomic E-state index is 10.8. The van der Waals surface area contributed by atoms with Crippen LogP contribution in [0.4, 0.5) is 0 Å². The molecule has 0 bridgehead atoms. The molecule has 1 aromatic carbocycles. The van der Waals surface area contributed by atoms with Crippen LogP contribution in [0.15, 0.2) is 30.3 Å². The molecule has 1 aromatic rings. The molecular weight excluding hydrogens is 196 g/mol. The van der Waals surface area contributed by atoms with Gasteiger partial charge in [-0.3, -0.25) is 9.59 Å². The molecule has 0 aromatic heterocycles. The second kappa shape index (κ2) is 4.59. The number of hydrogen-bond acceptors (Lipinski definition) is 2. The van der Waals surface area contributed by atoms with E-state index in [2.05, 4.69) is 0 Å². The van der Waals surface area contributed by atoms with Gasteiger partial charge in [0.05, 0.1) is 0 Å². The van der Waals surface area contributed by atoms with Gasteiger partial charge >= 0.3 is 11.9 Å². The third-order valence-corrected chi connectivity index (χ3v) is 2.36. The van der Waals surface area contributed by atoms with Crippen LogP contribution in [0.1, 0.15) is 18.4 Å². The summed E-state index contributed by atoms with van der Waals surface area (Å²) in [5.74, 6) is -4.55. The minimum atomic E-state index is -1.40. The summed E-state index contributed by atoms with van der Waals surface area (Å²) in [7, 11) is 0. The maximum Gasteiger partial charge on any atom is 0.318 e. The molecule has 80 valence electrons. The van der Waals surface area contributed by atoms with E-state index in [1.54, 1.807) is 37.3 Å². The van der Waals surface area contributed by atoms with Gasteiger partial charge in [-0.05, 0) is 5.56 Å². The molecule has 0 spiro atoms. The summed E-state index contributed by atoms with van der Waals surface area (Å²) in [5.41, 5.74) is 0.715. The van der Waals surface area contributed by atoms with Gasteiger partial charge in [-0.25, -0.2) is 0 Å². The fourth-order valence-corrected chi connectivity index (χ4v) is 1.48. The molecule has 0 aliphatic heterocycles. The van der Waals surface area contributed by atoms with Crippen molar-refractivity contribution in [3.8, 4) is 0 Å². The molecule has 0 aliphatic carbocycles. The van der Waals surface area contributed by atoms with Crippen LogP contribution in [-0.4, -0.2) is 22.2 Å². The molecule has 1 unspecified atom stereocenters. The Hall–Kier alpha value is -1.84. The molecule has 0 amide bonds. The van der Waals surface area contributed by atoms with Crippen molar-refractivity contribution < 1.29 is 19.8 Å². The lowest BCUT2D eigenvalue weighted by Gasteiger charge is -2.16. The highest BCUT2D eigenvalue weighted by Gasteiger charge is 2.32. The molecule has 1 rings (SSSR count). The fraction of sp³-hybridized carbons (Fsp3) is 0.273. The van der Waals surface area contributed by atoms with E-state index in [1.165, 1.54) is 0 Å². The molecule has 0 heterocycles. The highest BCUT2D eigenvalue weighted by molar-refractivity contribution is 5.94. The zero-order valence-electron chi connectivity index (χ0n) is 8.25. The monoisotopic (exact) mass is 208 g/mol. The lowest BCUT2D eigenvalue weighted by Crippen LogP contribution is -2.28. The second-order valence-corrected chi connectivity index (χ2v) is 3.35. The Morgan fingerprint density at radius 2 is 1.53 bits per heavy atom. The van der Waals surface area contributed by atoms with Crippen LogP contribution in [-0.2, 0) is 9.59 Å². The molecule has 0 aliphatic rings. The Labute approximate surface area is 87.2 Å². The van der Waals surface area contributed by atoms with Crippen LogP contribution < -0.4 is 0 Å². The molecule has 0 saturated heterocycles. The topological polar surface area (TPSA) is 74.6 Å². The van der Waals surface area contributed by atoms with E-state index < -0.39 is 23.8 Å². The summed E-state index contributed by atoms with van der Waals surface area (Å²) < 4.78 is 0. The molecule has 2 N–H and O–H groups in total. The summed E-state index contributed by atoms with van der Waals surface area (Å²) in [4.78, 5) is 21.5. The van der Waals surface area contributed by atoms with Crippen LogP contribution >= 0.6 is 0 Å². The predicted octanol–water partition coefficient (Wildman–Crippen LogP) is 1.58. The van der Waals surface area contributed by atoms with E-state index in [1.807, 2.05) is 0 Å². The van der Waals surface area contributed by atoms with Gasteiger partial charge in [0.1, 0.15) is 0 Å². The largest absolute Gasteiger partial charge is 0.481 e. The molecule has 1 atom stereocenters. The first-order valence-corrected chi connectivity index (χ1v) is 4.54. The van der Waals surface area contributed by atoms with Crippen LogP contribution in [0.25, 0.3) is 0 Å². The van der Waals surface area contributed by atoms with Crippen LogP contribution in [0.5, 0.6) is 0 Å².